The average Bonchev–Trinajstić information content (AvgIpc) is 2.72. The van der Waals surface area contributed by atoms with Gasteiger partial charge in [0, 0.05) is 5.56 Å². The zero-order valence-electron chi connectivity index (χ0n) is 15.8. The first-order valence-corrected chi connectivity index (χ1v) is 10.0. The molecule has 1 fully saturated rings. The monoisotopic (exact) mass is 453 g/mol. The summed E-state index contributed by atoms with van der Waals surface area (Å²) in [5, 5.41) is 10.1. The van der Waals surface area contributed by atoms with Crippen molar-refractivity contribution in [3.8, 4) is 0 Å². The number of carbonyl (C=O) groups is 3. The second-order valence-electron chi connectivity index (χ2n) is 6.50. The molecule has 3 amide bonds. The highest BCUT2D eigenvalue weighted by Crippen LogP contribution is 2.15. The molecule has 0 bridgehead atoms. The molecular weight excluding hydrogens is 435 g/mol. The van der Waals surface area contributed by atoms with Crippen LogP contribution in [0.2, 0.25) is 0 Å². The lowest BCUT2D eigenvalue weighted by atomic mass is 10.1. The van der Waals surface area contributed by atoms with Gasteiger partial charge < -0.3 is 21.7 Å². The summed E-state index contributed by atoms with van der Waals surface area (Å²) in [5.41, 5.74) is 5.01. The lowest BCUT2D eigenvalue weighted by Crippen LogP contribution is -2.70. The van der Waals surface area contributed by atoms with Crippen LogP contribution in [0.3, 0.4) is 0 Å². The molecule has 31 heavy (non-hydrogen) atoms. The number of nitrogens with one attached hydrogen (secondary N) is 4. The van der Waals surface area contributed by atoms with Crippen LogP contribution in [0.5, 0.6) is 0 Å². The van der Waals surface area contributed by atoms with E-state index >= 15 is 0 Å². The molecule has 8 nitrogen and oxygen atoms in total. The minimum absolute atomic E-state index is 0.0328. The molecule has 0 saturated carbocycles. The Labute approximate surface area is 179 Å². The van der Waals surface area contributed by atoms with Crippen LogP contribution in [0.4, 0.5) is 18.9 Å². The Hall–Kier alpha value is -3.09. The SMILES string of the molecule is NC1NC(SCC(=O)Nc2ccccc2F)NC(=O)C1NC(=O)c1ccc(F)c(F)c1. The van der Waals surface area contributed by atoms with E-state index in [2.05, 4.69) is 21.3 Å². The molecule has 2 aromatic rings. The number of nitrogens with two attached hydrogens (primary N) is 1. The summed E-state index contributed by atoms with van der Waals surface area (Å²) in [6, 6.07) is 7.06. The molecule has 3 unspecified atom stereocenters. The number of halogens is 3. The summed E-state index contributed by atoms with van der Waals surface area (Å²) in [5.74, 6) is -4.94. The van der Waals surface area contributed by atoms with Gasteiger partial charge >= 0.3 is 0 Å². The Balaban J connectivity index is 1.51. The van der Waals surface area contributed by atoms with Crippen LogP contribution in [0.25, 0.3) is 0 Å². The smallest absolute Gasteiger partial charge is 0.252 e. The highest BCUT2D eigenvalue weighted by molar-refractivity contribution is 8.00. The maximum absolute atomic E-state index is 13.6. The molecule has 0 radical (unpaired) electrons. The molecule has 0 aromatic heterocycles. The molecule has 12 heteroatoms. The number of rotatable bonds is 6. The van der Waals surface area contributed by atoms with Gasteiger partial charge in [-0.05, 0) is 30.3 Å². The summed E-state index contributed by atoms with van der Waals surface area (Å²) in [6.07, 6.45) is -1.02. The predicted octanol–water partition coefficient (Wildman–Crippen LogP) is 0.862. The van der Waals surface area contributed by atoms with E-state index in [1.165, 1.54) is 18.2 Å². The number of hydrogen-bond donors (Lipinski definition) is 5. The zero-order chi connectivity index (χ0) is 22.5. The van der Waals surface area contributed by atoms with Gasteiger partial charge in [-0.3, -0.25) is 19.7 Å². The van der Waals surface area contributed by atoms with Gasteiger partial charge in [-0.2, -0.15) is 0 Å². The summed E-state index contributed by atoms with van der Waals surface area (Å²) in [7, 11) is 0. The molecule has 2 aromatic carbocycles. The van der Waals surface area contributed by atoms with Gasteiger partial charge in [0.15, 0.2) is 11.6 Å². The predicted molar refractivity (Wildman–Crippen MR) is 108 cm³/mol. The third kappa shape index (κ3) is 5.75. The van der Waals surface area contributed by atoms with Crippen LogP contribution in [0.15, 0.2) is 42.5 Å². The number of thioether (sulfide) groups is 1. The molecule has 1 aliphatic rings. The molecule has 1 heterocycles. The van der Waals surface area contributed by atoms with Crippen molar-refractivity contribution in [3.63, 3.8) is 0 Å². The largest absolute Gasteiger partial charge is 0.338 e. The molecule has 3 atom stereocenters. The molecule has 164 valence electrons. The van der Waals surface area contributed by atoms with E-state index in [0.717, 1.165) is 23.9 Å². The van der Waals surface area contributed by atoms with Gasteiger partial charge in [0.25, 0.3) is 5.91 Å². The highest BCUT2D eigenvalue weighted by Gasteiger charge is 2.35. The normalized spacial score (nSPS) is 20.6. The lowest BCUT2D eigenvalue weighted by molar-refractivity contribution is -0.125. The van der Waals surface area contributed by atoms with Crippen molar-refractivity contribution < 1.29 is 27.6 Å². The fourth-order valence-corrected chi connectivity index (χ4v) is 3.55. The van der Waals surface area contributed by atoms with Crippen molar-refractivity contribution in [2.24, 2.45) is 5.73 Å². The van der Waals surface area contributed by atoms with Crippen LogP contribution in [0.1, 0.15) is 10.4 Å². The minimum Gasteiger partial charge on any atom is -0.338 e. The van der Waals surface area contributed by atoms with E-state index in [4.69, 9.17) is 5.73 Å². The van der Waals surface area contributed by atoms with E-state index in [0.29, 0.717) is 6.07 Å². The van der Waals surface area contributed by atoms with Crippen LogP contribution >= 0.6 is 11.8 Å². The average molecular weight is 453 g/mol. The first-order valence-electron chi connectivity index (χ1n) is 8.98. The van der Waals surface area contributed by atoms with Crippen LogP contribution < -0.4 is 27.0 Å². The third-order valence-electron chi connectivity index (χ3n) is 4.26. The first-order chi connectivity index (χ1) is 14.7. The van der Waals surface area contributed by atoms with Gasteiger partial charge in [0.05, 0.1) is 17.6 Å². The molecule has 0 spiro atoms. The fourth-order valence-electron chi connectivity index (χ4n) is 2.71. The van der Waals surface area contributed by atoms with Crippen molar-refractivity contribution in [1.29, 1.82) is 0 Å². The van der Waals surface area contributed by atoms with Gasteiger partial charge in [0.2, 0.25) is 11.8 Å². The summed E-state index contributed by atoms with van der Waals surface area (Å²) in [6.45, 7) is 0. The van der Waals surface area contributed by atoms with Crippen molar-refractivity contribution in [3.05, 3.63) is 65.5 Å². The fraction of sp³-hybridized carbons (Fsp3) is 0.211. The van der Waals surface area contributed by atoms with Crippen molar-refractivity contribution in [1.82, 2.24) is 16.0 Å². The summed E-state index contributed by atoms with van der Waals surface area (Å²) >= 11 is 0.997. The van der Waals surface area contributed by atoms with E-state index in [1.807, 2.05) is 0 Å². The van der Waals surface area contributed by atoms with E-state index < -0.39 is 52.9 Å². The number of para-hydroxylation sites is 1. The molecule has 3 rings (SSSR count). The maximum Gasteiger partial charge on any atom is 0.252 e. The number of benzene rings is 2. The highest BCUT2D eigenvalue weighted by atomic mass is 32.2. The van der Waals surface area contributed by atoms with Gasteiger partial charge in [-0.1, -0.05) is 12.1 Å². The summed E-state index contributed by atoms with van der Waals surface area (Å²) in [4.78, 5) is 36.6. The zero-order valence-corrected chi connectivity index (χ0v) is 16.6. The number of carbonyl (C=O) groups excluding carboxylic acids is 3. The van der Waals surface area contributed by atoms with Crippen LogP contribution in [0, 0.1) is 17.5 Å². The van der Waals surface area contributed by atoms with Crippen molar-refractivity contribution in [2.45, 2.75) is 17.7 Å². The Morgan fingerprint density at radius 1 is 1.06 bits per heavy atom. The topological polar surface area (TPSA) is 125 Å². The van der Waals surface area contributed by atoms with Gasteiger partial charge in [-0.25, -0.2) is 13.2 Å². The molecule has 1 saturated heterocycles. The van der Waals surface area contributed by atoms with E-state index in [-0.39, 0.29) is 17.0 Å². The first kappa shape index (κ1) is 22.6. The number of amides is 3. The summed E-state index contributed by atoms with van der Waals surface area (Å²) < 4.78 is 39.9. The van der Waals surface area contributed by atoms with Crippen LogP contribution in [-0.2, 0) is 9.59 Å². The Kier molecular flexibility index (Phi) is 7.15. The standard InChI is InChI=1S/C19H18F3N5O3S/c20-10-6-5-9(7-12(10)22)17(29)25-15-16(23)26-19(27-18(15)30)31-8-14(28)24-13-4-2-1-3-11(13)21/h1-7,15-16,19,26H,8,23H2,(H,24,28)(H,25,29)(H,27,30). The van der Waals surface area contributed by atoms with E-state index in [9.17, 15) is 27.6 Å². The quantitative estimate of drug-likeness (QED) is 0.442. The molecule has 1 aliphatic heterocycles. The Morgan fingerprint density at radius 3 is 2.48 bits per heavy atom. The third-order valence-corrected chi connectivity index (χ3v) is 5.27. The molecule has 0 aliphatic carbocycles. The van der Waals surface area contributed by atoms with Gasteiger partial charge in [0.1, 0.15) is 17.4 Å². The molecular formula is C19H18F3N5O3S. The molecule has 6 N–H and O–H groups in total. The second kappa shape index (κ2) is 9.81. The van der Waals surface area contributed by atoms with Crippen molar-refractivity contribution >= 4 is 35.2 Å². The second-order valence-corrected chi connectivity index (χ2v) is 7.59. The number of hydrogen-bond acceptors (Lipinski definition) is 6. The Bertz CT molecular complexity index is 1010. The van der Waals surface area contributed by atoms with Crippen molar-refractivity contribution in [2.75, 3.05) is 11.1 Å². The maximum atomic E-state index is 13.6. The van der Waals surface area contributed by atoms with E-state index in [1.54, 1.807) is 6.07 Å². The van der Waals surface area contributed by atoms with Gasteiger partial charge in [-0.15, -0.1) is 11.8 Å². The lowest BCUT2D eigenvalue weighted by Gasteiger charge is -2.35. The van der Waals surface area contributed by atoms with Crippen LogP contribution in [-0.4, -0.2) is 41.2 Å². The number of anilines is 1. The Morgan fingerprint density at radius 2 is 1.81 bits per heavy atom. The minimum atomic E-state index is -1.20.